The maximum absolute atomic E-state index is 11.9. The topological polar surface area (TPSA) is 80.9 Å². The molecule has 2 rings (SSSR count). The number of nitrogens with zero attached hydrogens (tertiary/aromatic N) is 2. The first-order chi connectivity index (χ1) is 8.58. The first-order valence-electron chi connectivity index (χ1n) is 5.55. The fraction of sp³-hybridized carbons (Fsp3) is 0.250. The lowest BCUT2D eigenvalue weighted by molar-refractivity contribution is 0.102. The fourth-order valence-electron chi connectivity index (χ4n) is 1.48. The molecular formula is C12H14N4OS. The van der Waals surface area contributed by atoms with Gasteiger partial charge in [-0.15, -0.1) is 0 Å². The molecule has 94 valence electrons. The number of pyridine rings is 1. The van der Waals surface area contributed by atoms with Crippen LogP contribution in [0.2, 0.25) is 0 Å². The average Bonchev–Trinajstić information content (AvgIpc) is 2.71. The lowest BCUT2D eigenvalue weighted by Gasteiger charge is -2.01. The van der Waals surface area contributed by atoms with Gasteiger partial charge in [-0.05, 0) is 18.1 Å². The Hall–Kier alpha value is -1.95. The first-order valence-corrected chi connectivity index (χ1v) is 6.37. The Morgan fingerprint density at radius 3 is 2.61 bits per heavy atom. The number of nitrogen functional groups attached to an aromatic ring is 1. The van der Waals surface area contributed by atoms with Gasteiger partial charge in [-0.25, -0.2) is 4.98 Å². The number of nitrogens with one attached hydrogen (secondary N) is 1. The normalized spacial score (nSPS) is 10.6. The van der Waals surface area contributed by atoms with Crippen LogP contribution in [0.3, 0.4) is 0 Å². The van der Waals surface area contributed by atoms with Crippen LogP contribution in [-0.4, -0.2) is 15.9 Å². The molecule has 0 aromatic carbocycles. The van der Waals surface area contributed by atoms with Crippen molar-refractivity contribution in [3.05, 3.63) is 35.8 Å². The van der Waals surface area contributed by atoms with Crippen LogP contribution in [0.5, 0.6) is 0 Å². The van der Waals surface area contributed by atoms with E-state index in [1.54, 1.807) is 24.5 Å². The predicted octanol–water partition coefficient (Wildman–Crippen LogP) is 2.50. The Kier molecular flexibility index (Phi) is 3.57. The number of anilines is 2. The average molecular weight is 262 g/mol. The third-order valence-corrected chi connectivity index (χ3v) is 3.21. The van der Waals surface area contributed by atoms with Crippen LogP contribution in [0.1, 0.15) is 35.8 Å². The Morgan fingerprint density at radius 1 is 1.39 bits per heavy atom. The van der Waals surface area contributed by atoms with E-state index in [0.717, 1.165) is 5.69 Å². The number of thiazole rings is 1. The number of carbonyl (C=O) groups excluding carboxylic acids is 1. The minimum absolute atomic E-state index is 0.207. The second kappa shape index (κ2) is 5.14. The van der Waals surface area contributed by atoms with Crippen LogP contribution < -0.4 is 11.1 Å². The zero-order chi connectivity index (χ0) is 13.1. The number of aromatic nitrogens is 2. The molecule has 2 heterocycles. The monoisotopic (exact) mass is 262 g/mol. The zero-order valence-corrected chi connectivity index (χ0v) is 11.0. The third-order valence-electron chi connectivity index (χ3n) is 2.39. The van der Waals surface area contributed by atoms with Crippen LogP contribution in [0.15, 0.2) is 24.5 Å². The van der Waals surface area contributed by atoms with Gasteiger partial charge in [0.05, 0.1) is 5.69 Å². The summed E-state index contributed by atoms with van der Waals surface area (Å²) >= 11 is 1.28. The molecule has 0 aliphatic carbocycles. The SMILES string of the molecule is CC(C)c1nc(NC(=O)c2ccncc2)sc1N. The highest BCUT2D eigenvalue weighted by atomic mass is 32.1. The zero-order valence-electron chi connectivity index (χ0n) is 10.2. The molecule has 0 atom stereocenters. The van der Waals surface area contributed by atoms with E-state index >= 15 is 0 Å². The second-order valence-electron chi connectivity index (χ2n) is 4.11. The summed E-state index contributed by atoms with van der Waals surface area (Å²) in [4.78, 5) is 20.1. The lowest BCUT2D eigenvalue weighted by atomic mass is 10.1. The maximum Gasteiger partial charge on any atom is 0.257 e. The van der Waals surface area contributed by atoms with E-state index in [0.29, 0.717) is 15.7 Å². The molecule has 6 heteroatoms. The largest absolute Gasteiger partial charge is 0.389 e. The Labute approximate surface area is 109 Å². The van der Waals surface area contributed by atoms with Crippen molar-refractivity contribution < 1.29 is 4.79 Å². The van der Waals surface area contributed by atoms with Crippen LogP contribution >= 0.6 is 11.3 Å². The molecule has 0 unspecified atom stereocenters. The third kappa shape index (κ3) is 2.65. The highest BCUT2D eigenvalue weighted by molar-refractivity contribution is 7.19. The quantitative estimate of drug-likeness (QED) is 0.890. The van der Waals surface area contributed by atoms with E-state index < -0.39 is 0 Å². The standard InChI is InChI=1S/C12H14N4OS/c1-7(2)9-10(13)18-12(15-9)16-11(17)8-3-5-14-6-4-8/h3-7H,13H2,1-2H3,(H,15,16,17). The molecule has 0 saturated carbocycles. The summed E-state index contributed by atoms with van der Waals surface area (Å²) in [6.45, 7) is 4.03. The van der Waals surface area contributed by atoms with E-state index in [4.69, 9.17) is 5.73 Å². The molecule has 0 radical (unpaired) electrons. The minimum atomic E-state index is -0.207. The maximum atomic E-state index is 11.9. The summed E-state index contributed by atoms with van der Waals surface area (Å²) in [6.07, 6.45) is 3.15. The van der Waals surface area contributed by atoms with Crippen LogP contribution in [0.4, 0.5) is 10.1 Å². The molecule has 0 aliphatic heterocycles. The molecule has 3 N–H and O–H groups in total. The van der Waals surface area contributed by atoms with Gasteiger partial charge in [-0.1, -0.05) is 25.2 Å². The van der Waals surface area contributed by atoms with E-state index in [9.17, 15) is 4.79 Å². The molecule has 0 bridgehead atoms. The molecular weight excluding hydrogens is 248 g/mol. The van der Waals surface area contributed by atoms with Crippen LogP contribution in [-0.2, 0) is 0 Å². The van der Waals surface area contributed by atoms with Gasteiger partial charge in [0.15, 0.2) is 5.13 Å². The van der Waals surface area contributed by atoms with Gasteiger partial charge in [-0.3, -0.25) is 15.1 Å². The summed E-state index contributed by atoms with van der Waals surface area (Å²) in [6, 6.07) is 3.30. The highest BCUT2D eigenvalue weighted by Gasteiger charge is 2.14. The Bertz CT molecular complexity index is 550. The van der Waals surface area contributed by atoms with Gasteiger partial charge in [-0.2, -0.15) is 0 Å². The molecule has 0 saturated heterocycles. The second-order valence-corrected chi connectivity index (χ2v) is 5.14. The number of hydrogen-bond donors (Lipinski definition) is 2. The van der Waals surface area contributed by atoms with E-state index in [2.05, 4.69) is 15.3 Å². The number of nitrogens with two attached hydrogens (primary N) is 1. The summed E-state index contributed by atoms with van der Waals surface area (Å²) in [5.41, 5.74) is 7.22. The van der Waals surface area contributed by atoms with Crippen molar-refractivity contribution >= 4 is 27.4 Å². The molecule has 0 fully saturated rings. The summed E-state index contributed by atoms with van der Waals surface area (Å²) in [5.74, 6) is 0.0364. The van der Waals surface area contributed by atoms with E-state index in [1.165, 1.54) is 11.3 Å². The first kappa shape index (κ1) is 12.5. The van der Waals surface area contributed by atoms with Crippen LogP contribution in [0.25, 0.3) is 0 Å². The van der Waals surface area contributed by atoms with E-state index in [-0.39, 0.29) is 11.8 Å². The Balaban J connectivity index is 2.15. The number of rotatable bonds is 3. The van der Waals surface area contributed by atoms with Crippen molar-refractivity contribution in [1.29, 1.82) is 0 Å². The predicted molar refractivity (Wildman–Crippen MR) is 72.8 cm³/mol. The minimum Gasteiger partial charge on any atom is -0.389 e. The van der Waals surface area contributed by atoms with Crippen LogP contribution in [0, 0.1) is 0 Å². The molecule has 2 aromatic rings. The highest BCUT2D eigenvalue weighted by Crippen LogP contribution is 2.30. The van der Waals surface area contributed by atoms with Crippen molar-refractivity contribution in [2.75, 3.05) is 11.1 Å². The number of amides is 1. The Morgan fingerprint density at radius 2 is 2.06 bits per heavy atom. The molecule has 5 nitrogen and oxygen atoms in total. The summed E-state index contributed by atoms with van der Waals surface area (Å²) in [5, 5.41) is 3.91. The summed E-state index contributed by atoms with van der Waals surface area (Å²) < 4.78 is 0. The van der Waals surface area contributed by atoms with Gasteiger partial charge in [0, 0.05) is 18.0 Å². The van der Waals surface area contributed by atoms with Crippen molar-refractivity contribution in [3.63, 3.8) is 0 Å². The lowest BCUT2D eigenvalue weighted by Crippen LogP contribution is -2.11. The molecule has 0 aliphatic rings. The van der Waals surface area contributed by atoms with Gasteiger partial charge < -0.3 is 5.73 Å². The number of carbonyl (C=O) groups is 1. The summed E-state index contributed by atoms with van der Waals surface area (Å²) in [7, 11) is 0. The van der Waals surface area contributed by atoms with Gasteiger partial charge in [0.25, 0.3) is 5.91 Å². The number of hydrogen-bond acceptors (Lipinski definition) is 5. The van der Waals surface area contributed by atoms with Gasteiger partial charge in [0.2, 0.25) is 0 Å². The van der Waals surface area contributed by atoms with Crippen molar-refractivity contribution in [2.45, 2.75) is 19.8 Å². The molecule has 2 aromatic heterocycles. The molecule has 0 spiro atoms. The molecule has 18 heavy (non-hydrogen) atoms. The molecule has 1 amide bonds. The van der Waals surface area contributed by atoms with E-state index in [1.807, 2.05) is 13.8 Å². The smallest absolute Gasteiger partial charge is 0.257 e. The van der Waals surface area contributed by atoms with Crippen molar-refractivity contribution in [1.82, 2.24) is 9.97 Å². The van der Waals surface area contributed by atoms with Gasteiger partial charge in [0.1, 0.15) is 5.00 Å². The fourth-order valence-corrected chi connectivity index (χ4v) is 2.37. The van der Waals surface area contributed by atoms with Gasteiger partial charge >= 0.3 is 0 Å². The van der Waals surface area contributed by atoms with Crippen molar-refractivity contribution in [3.8, 4) is 0 Å². The van der Waals surface area contributed by atoms with Crippen molar-refractivity contribution in [2.24, 2.45) is 0 Å².